The van der Waals surface area contributed by atoms with Crippen LogP contribution in [0, 0.1) is 0 Å². The van der Waals surface area contributed by atoms with Crippen molar-refractivity contribution in [2.24, 2.45) is 0 Å². The van der Waals surface area contributed by atoms with E-state index in [9.17, 15) is 4.79 Å². The first-order chi connectivity index (χ1) is 9.61. The van der Waals surface area contributed by atoms with Gasteiger partial charge in [0.05, 0.1) is 11.9 Å². The number of hydrogen-bond acceptors (Lipinski definition) is 5. The van der Waals surface area contributed by atoms with Crippen LogP contribution in [0.25, 0.3) is 11.0 Å². The summed E-state index contributed by atoms with van der Waals surface area (Å²) in [7, 11) is 1.85. The van der Waals surface area contributed by atoms with Crippen LogP contribution in [0.5, 0.6) is 0 Å². The molecule has 0 aliphatic carbocycles. The van der Waals surface area contributed by atoms with Gasteiger partial charge in [-0.2, -0.15) is 0 Å². The number of carboxylic acid groups (broad SMARTS) is 1. The third kappa shape index (κ3) is 3.24. The highest BCUT2D eigenvalue weighted by Crippen LogP contribution is 2.20. The van der Waals surface area contributed by atoms with Crippen molar-refractivity contribution in [3.8, 4) is 0 Å². The summed E-state index contributed by atoms with van der Waals surface area (Å²) >= 11 is 0. The zero-order valence-electron chi connectivity index (χ0n) is 11.4. The van der Waals surface area contributed by atoms with Crippen LogP contribution in [0.4, 0.5) is 5.69 Å². The van der Waals surface area contributed by atoms with Crippen LogP contribution in [0.3, 0.4) is 0 Å². The third-order valence-corrected chi connectivity index (χ3v) is 3.13. The predicted octanol–water partition coefficient (Wildman–Crippen LogP) is 0.725. The van der Waals surface area contributed by atoms with Crippen molar-refractivity contribution in [1.29, 1.82) is 0 Å². The maximum Gasteiger partial charge on any atom is 0.305 e. The molecule has 7 heteroatoms. The quantitative estimate of drug-likeness (QED) is 0.775. The fourth-order valence-corrected chi connectivity index (χ4v) is 1.98. The highest BCUT2D eigenvalue weighted by molar-refractivity contribution is 5.79. The summed E-state index contributed by atoms with van der Waals surface area (Å²) in [5.74, 6) is -0.812. The fourth-order valence-electron chi connectivity index (χ4n) is 1.98. The zero-order chi connectivity index (χ0) is 14.5. The molecule has 7 nitrogen and oxygen atoms in total. The van der Waals surface area contributed by atoms with Gasteiger partial charge >= 0.3 is 5.97 Å². The van der Waals surface area contributed by atoms with Crippen molar-refractivity contribution in [2.75, 3.05) is 25.1 Å². The van der Waals surface area contributed by atoms with E-state index in [1.54, 1.807) is 4.68 Å². The molecule has 0 saturated carbocycles. The Balaban J connectivity index is 2.15. The molecule has 0 atom stereocenters. The van der Waals surface area contributed by atoms with E-state index >= 15 is 0 Å². The van der Waals surface area contributed by atoms with Crippen molar-refractivity contribution < 1.29 is 15.0 Å². The summed E-state index contributed by atoms with van der Waals surface area (Å²) in [6, 6.07) is 5.72. The van der Waals surface area contributed by atoms with Gasteiger partial charge in [-0.15, -0.1) is 5.10 Å². The topological polar surface area (TPSA) is 91.5 Å². The monoisotopic (exact) mass is 278 g/mol. The minimum Gasteiger partial charge on any atom is -0.481 e. The predicted molar refractivity (Wildman–Crippen MR) is 74.8 cm³/mol. The van der Waals surface area contributed by atoms with Crippen LogP contribution in [0.2, 0.25) is 0 Å². The molecule has 108 valence electrons. The largest absolute Gasteiger partial charge is 0.481 e. The Kier molecular flexibility index (Phi) is 4.52. The Hall–Kier alpha value is -2.15. The molecule has 2 aromatic rings. The highest BCUT2D eigenvalue weighted by Gasteiger charge is 2.08. The molecule has 2 N–H and O–H groups in total. The first-order valence-electron chi connectivity index (χ1n) is 6.49. The van der Waals surface area contributed by atoms with E-state index < -0.39 is 5.97 Å². The van der Waals surface area contributed by atoms with Gasteiger partial charge in [-0.1, -0.05) is 5.21 Å². The van der Waals surface area contributed by atoms with Crippen molar-refractivity contribution in [3.63, 3.8) is 0 Å². The SMILES string of the molecule is CN(CCC(=O)O)c1ccc2c(c1)nnn2CCCO. The second-order valence-corrected chi connectivity index (χ2v) is 4.63. The summed E-state index contributed by atoms with van der Waals surface area (Å²) in [5, 5.41) is 25.7. The molecule has 0 spiro atoms. The van der Waals surface area contributed by atoms with Crippen LogP contribution in [-0.4, -0.2) is 51.4 Å². The van der Waals surface area contributed by atoms with E-state index in [-0.39, 0.29) is 13.0 Å². The summed E-state index contributed by atoms with van der Waals surface area (Å²) in [4.78, 5) is 12.5. The van der Waals surface area contributed by atoms with Crippen LogP contribution >= 0.6 is 0 Å². The van der Waals surface area contributed by atoms with E-state index in [1.807, 2.05) is 30.1 Å². The van der Waals surface area contributed by atoms with Gasteiger partial charge in [-0.25, -0.2) is 4.68 Å². The third-order valence-electron chi connectivity index (χ3n) is 3.13. The molecule has 20 heavy (non-hydrogen) atoms. The molecule has 0 bridgehead atoms. The van der Waals surface area contributed by atoms with Gasteiger partial charge in [0.1, 0.15) is 5.52 Å². The number of aliphatic carboxylic acids is 1. The number of nitrogens with zero attached hydrogens (tertiary/aromatic N) is 4. The van der Waals surface area contributed by atoms with Gasteiger partial charge in [0.15, 0.2) is 0 Å². The number of aryl methyl sites for hydroxylation is 1. The minimum absolute atomic E-state index is 0.0950. The van der Waals surface area contributed by atoms with E-state index in [1.165, 1.54) is 0 Å². The second-order valence-electron chi connectivity index (χ2n) is 4.63. The van der Waals surface area contributed by atoms with Gasteiger partial charge in [0.2, 0.25) is 0 Å². The first-order valence-corrected chi connectivity index (χ1v) is 6.49. The number of aromatic nitrogens is 3. The van der Waals surface area contributed by atoms with Gasteiger partial charge < -0.3 is 15.1 Å². The lowest BCUT2D eigenvalue weighted by molar-refractivity contribution is -0.136. The number of anilines is 1. The average molecular weight is 278 g/mol. The number of hydrogen-bond donors (Lipinski definition) is 2. The molecule has 0 aliphatic heterocycles. The molecule has 0 aliphatic rings. The van der Waals surface area contributed by atoms with Gasteiger partial charge in [0, 0.05) is 32.4 Å². The maximum atomic E-state index is 10.6. The Morgan fingerprint density at radius 3 is 2.95 bits per heavy atom. The molecule has 0 saturated heterocycles. The summed E-state index contributed by atoms with van der Waals surface area (Å²) in [6.07, 6.45) is 0.733. The first kappa shape index (κ1) is 14.3. The molecular weight excluding hydrogens is 260 g/mol. The van der Waals surface area contributed by atoms with E-state index in [2.05, 4.69) is 10.3 Å². The Labute approximate surface area is 116 Å². The average Bonchev–Trinajstić information content (AvgIpc) is 2.84. The molecule has 2 rings (SSSR count). The number of carboxylic acids is 1. The maximum absolute atomic E-state index is 10.6. The summed E-state index contributed by atoms with van der Waals surface area (Å²) in [6.45, 7) is 1.19. The molecule has 0 unspecified atom stereocenters. The van der Waals surface area contributed by atoms with Crippen molar-refractivity contribution in [3.05, 3.63) is 18.2 Å². The molecule has 0 amide bonds. The summed E-state index contributed by atoms with van der Waals surface area (Å²) < 4.78 is 1.76. The van der Waals surface area contributed by atoms with Crippen LogP contribution in [-0.2, 0) is 11.3 Å². The normalized spacial score (nSPS) is 10.9. The Bertz CT molecular complexity index is 596. The molecule has 1 aromatic carbocycles. The number of aliphatic hydroxyl groups is 1. The highest BCUT2D eigenvalue weighted by atomic mass is 16.4. The van der Waals surface area contributed by atoms with E-state index in [4.69, 9.17) is 10.2 Å². The Morgan fingerprint density at radius 2 is 2.25 bits per heavy atom. The van der Waals surface area contributed by atoms with Crippen LogP contribution in [0.1, 0.15) is 12.8 Å². The molecule has 0 radical (unpaired) electrons. The lowest BCUT2D eigenvalue weighted by Gasteiger charge is -2.18. The number of benzene rings is 1. The lowest BCUT2D eigenvalue weighted by Crippen LogP contribution is -2.20. The van der Waals surface area contributed by atoms with Crippen molar-refractivity contribution in [1.82, 2.24) is 15.0 Å². The smallest absolute Gasteiger partial charge is 0.305 e. The molecule has 1 heterocycles. The molecule has 1 aromatic heterocycles. The number of aliphatic hydroxyl groups excluding tert-OH is 1. The van der Waals surface area contributed by atoms with Crippen LogP contribution < -0.4 is 4.90 Å². The van der Waals surface area contributed by atoms with Crippen LogP contribution in [0.15, 0.2) is 18.2 Å². The van der Waals surface area contributed by atoms with Gasteiger partial charge in [0.25, 0.3) is 0 Å². The van der Waals surface area contributed by atoms with Crippen molar-refractivity contribution in [2.45, 2.75) is 19.4 Å². The molecular formula is C13H18N4O3. The van der Waals surface area contributed by atoms with Gasteiger partial charge in [-0.3, -0.25) is 4.79 Å². The van der Waals surface area contributed by atoms with E-state index in [0.29, 0.717) is 19.5 Å². The second kappa shape index (κ2) is 6.33. The lowest BCUT2D eigenvalue weighted by atomic mass is 10.2. The molecule has 0 fully saturated rings. The Morgan fingerprint density at radius 1 is 1.45 bits per heavy atom. The number of fused-ring (bicyclic) bond motifs is 1. The number of carbonyl (C=O) groups is 1. The minimum atomic E-state index is -0.812. The van der Waals surface area contributed by atoms with Crippen molar-refractivity contribution >= 4 is 22.7 Å². The fraction of sp³-hybridized carbons (Fsp3) is 0.462. The zero-order valence-corrected chi connectivity index (χ0v) is 11.4. The standard InChI is InChI=1S/C13H18N4O3/c1-16(7-5-13(19)20)10-3-4-12-11(9-10)14-15-17(12)6-2-8-18/h3-4,9,18H,2,5-8H2,1H3,(H,19,20). The number of rotatable bonds is 7. The van der Waals surface area contributed by atoms with Gasteiger partial charge in [-0.05, 0) is 24.6 Å². The summed E-state index contributed by atoms with van der Waals surface area (Å²) in [5.41, 5.74) is 2.59. The van der Waals surface area contributed by atoms with E-state index in [0.717, 1.165) is 16.7 Å².